The Labute approximate surface area is 187 Å². The second-order valence-electron chi connectivity index (χ2n) is 8.95. The van der Waals surface area contributed by atoms with Gasteiger partial charge < -0.3 is 9.80 Å². The molecular weight excluding hydrogens is 406 g/mol. The zero-order chi connectivity index (χ0) is 21.2. The number of thiazole rings is 1. The predicted octanol–water partition coefficient (Wildman–Crippen LogP) is 3.67. The van der Waals surface area contributed by atoms with Gasteiger partial charge in [-0.05, 0) is 71.0 Å². The Bertz CT molecular complexity index is 1040. The summed E-state index contributed by atoms with van der Waals surface area (Å²) in [6.07, 6.45) is 10.4. The van der Waals surface area contributed by atoms with Gasteiger partial charge in [0.1, 0.15) is 5.78 Å². The van der Waals surface area contributed by atoms with Crippen molar-refractivity contribution in [2.75, 3.05) is 33.2 Å². The third-order valence-corrected chi connectivity index (χ3v) is 7.71. The Balaban J connectivity index is 1.21. The summed E-state index contributed by atoms with van der Waals surface area (Å²) in [6, 6.07) is 4.85. The van der Waals surface area contributed by atoms with E-state index in [0.29, 0.717) is 18.2 Å². The maximum Gasteiger partial charge on any atom is 0.142 e. The van der Waals surface area contributed by atoms with E-state index >= 15 is 0 Å². The highest BCUT2D eigenvalue weighted by molar-refractivity contribution is 7.13. The molecule has 0 aliphatic carbocycles. The quantitative estimate of drug-likeness (QED) is 0.609. The van der Waals surface area contributed by atoms with Gasteiger partial charge in [-0.2, -0.15) is 0 Å². The van der Waals surface area contributed by atoms with Crippen LogP contribution in [0.1, 0.15) is 31.4 Å². The SMILES string of the molecule is CN1CCC(N2CCC(C(=O)Cc3cc4cc(-c5cncs5)cnc4cn3)CC2)CC1. The fourth-order valence-corrected chi connectivity index (χ4v) is 5.54. The van der Waals surface area contributed by atoms with Gasteiger partial charge in [-0.3, -0.25) is 19.7 Å². The molecule has 0 saturated carbocycles. The van der Waals surface area contributed by atoms with Crippen molar-refractivity contribution in [3.63, 3.8) is 0 Å². The van der Waals surface area contributed by atoms with Crippen LogP contribution in [0.5, 0.6) is 0 Å². The molecule has 0 unspecified atom stereocenters. The molecule has 2 fully saturated rings. The van der Waals surface area contributed by atoms with Crippen molar-refractivity contribution in [3.05, 3.63) is 41.9 Å². The minimum Gasteiger partial charge on any atom is -0.306 e. The Kier molecular flexibility index (Phi) is 6.07. The van der Waals surface area contributed by atoms with Crippen molar-refractivity contribution in [3.8, 4) is 10.4 Å². The minimum atomic E-state index is 0.168. The van der Waals surface area contributed by atoms with Gasteiger partial charge in [0.25, 0.3) is 0 Å². The smallest absolute Gasteiger partial charge is 0.142 e. The lowest BCUT2D eigenvalue weighted by Crippen LogP contribution is -2.47. The number of hydrogen-bond acceptors (Lipinski definition) is 7. The van der Waals surface area contributed by atoms with Crippen molar-refractivity contribution in [1.82, 2.24) is 24.8 Å². The van der Waals surface area contributed by atoms with Crippen LogP contribution in [0.4, 0.5) is 0 Å². The van der Waals surface area contributed by atoms with Gasteiger partial charge in [0, 0.05) is 47.4 Å². The van der Waals surface area contributed by atoms with Crippen molar-refractivity contribution in [2.24, 2.45) is 5.92 Å². The summed E-state index contributed by atoms with van der Waals surface area (Å²) in [7, 11) is 2.21. The minimum absolute atomic E-state index is 0.168. The number of hydrogen-bond donors (Lipinski definition) is 0. The lowest BCUT2D eigenvalue weighted by atomic mass is 9.88. The molecule has 2 saturated heterocycles. The molecule has 3 aromatic heterocycles. The number of rotatable bonds is 5. The first-order valence-electron chi connectivity index (χ1n) is 11.2. The molecule has 0 amide bonds. The molecule has 6 nitrogen and oxygen atoms in total. The third kappa shape index (κ3) is 4.68. The second kappa shape index (κ2) is 9.10. The average Bonchev–Trinajstić information content (AvgIpc) is 3.34. The number of Topliss-reactive ketones (excluding diaryl/α,β-unsaturated/α-hetero) is 1. The summed E-state index contributed by atoms with van der Waals surface area (Å²) < 4.78 is 0. The highest BCUT2D eigenvalue weighted by atomic mass is 32.1. The van der Waals surface area contributed by atoms with E-state index in [1.807, 2.05) is 24.0 Å². The monoisotopic (exact) mass is 435 g/mol. The lowest BCUT2D eigenvalue weighted by Gasteiger charge is -2.40. The Morgan fingerprint density at radius 2 is 1.84 bits per heavy atom. The van der Waals surface area contributed by atoms with Crippen LogP contribution in [0.2, 0.25) is 0 Å². The number of carbonyl (C=O) groups is 1. The summed E-state index contributed by atoms with van der Waals surface area (Å²) in [6.45, 7) is 4.49. The molecule has 3 aromatic rings. The molecule has 0 radical (unpaired) electrons. The van der Waals surface area contributed by atoms with Crippen LogP contribution in [0.3, 0.4) is 0 Å². The predicted molar refractivity (Wildman–Crippen MR) is 124 cm³/mol. The average molecular weight is 436 g/mol. The number of aromatic nitrogens is 3. The Morgan fingerprint density at radius 3 is 2.58 bits per heavy atom. The molecule has 0 aromatic carbocycles. The van der Waals surface area contributed by atoms with Crippen LogP contribution in [0.15, 0.2) is 36.2 Å². The molecular formula is C24H29N5OS. The lowest BCUT2D eigenvalue weighted by molar-refractivity contribution is -0.124. The van der Waals surface area contributed by atoms with Gasteiger partial charge in [-0.1, -0.05) is 0 Å². The van der Waals surface area contributed by atoms with Gasteiger partial charge in [-0.25, -0.2) is 0 Å². The van der Waals surface area contributed by atoms with Gasteiger partial charge in [0.2, 0.25) is 0 Å². The topological polar surface area (TPSA) is 62.2 Å². The summed E-state index contributed by atoms with van der Waals surface area (Å²) in [4.78, 5) is 32.3. The van der Waals surface area contributed by atoms with Gasteiger partial charge >= 0.3 is 0 Å². The van der Waals surface area contributed by atoms with Gasteiger partial charge in [0.05, 0.1) is 22.1 Å². The standard InChI is InChI=1S/C24H29N5OS/c1-28-6-4-21(5-7-28)29-8-2-17(3-9-29)23(30)12-20-11-18-10-19(24-15-25-16-31-24)13-27-22(18)14-26-20/h10-11,13-17,21H,2-9,12H2,1H3. The summed E-state index contributed by atoms with van der Waals surface area (Å²) in [5, 5.41) is 1.03. The van der Waals surface area contributed by atoms with Crippen molar-refractivity contribution in [1.29, 1.82) is 0 Å². The number of piperidine rings is 2. The van der Waals surface area contributed by atoms with Crippen LogP contribution in [0.25, 0.3) is 21.3 Å². The molecule has 2 aliphatic heterocycles. The van der Waals surface area contributed by atoms with E-state index in [0.717, 1.165) is 53.0 Å². The normalized spacial score (nSPS) is 19.8. The maximum atomic E-state index is 13.0. The maximum absolute atomic E-state index is 13.0. The van der Waals surface area contributed by atoms with Gasteiger partial charge in [-0.15, -0.1) is 11.3 Å². The van der Waals surface area contributed by atoms with Crippen LogP contribution in [-0.4, -0.2) is 69.8 Å². The van der Waals surface area contributed by atoms with E-state index in [1.54, 1.807) is 17.5 Å². The summed E-state index contributed by atoms with van der Waals surface area (Å²) in [5.74, 6) is 0.503. The zero-order valence-electron chi connectivity index (χ0n) is 18.0. The molecule has 162 valence electrons. The first-order chi connectivity index (χ1) is 15.2. The van der Waals surface area contributed by atoms with E-state index in [-0.39, 0.29) is 5.92 Å². The molecule has 5 heterocycles. The largest absolute Gasteiger partial charge is 0.306 e. The molecule has 31 heavy (non-hydrogen) atoms. The van der Waals surface area contributed by atoms with Crippen molar-refractivity contribution < 1.29 is 4.79 Å². The Morgan fingerprint density at radius 1 is 1.03 bits per heavy atom. The van der Waals surface area contributed by atoms with Crippen LogP contribution >= 0.6 is 11.3 Å². The van der Waals surface area contributed by atoms with E-state index < -0.39 is 0 Å². The van der Waals surface area contributed by atoms with Gasteiger partial charge in [0.15, 0.2) is 0 Å². The second-order valence-corrected chi connectivity index (χ2v) is 9.83. The van der Waals surface area contributed by atoms with Crippen LogP contribution in [0, 0.1) is 5.92 Å². The number of ketones is 1. The number of likely N-dealkylation sites (tertiary alicyclic amines) is 2. The molecule has 0 spiro atoms. The highest BCUT2D eigenvalue weighted by Crippen LogP contribution is 2.27. The van der Waals surface area contributed by atoms with Crippen LogP contribution in [-0.2, 0) is 11.2 Å². The van der Waals surface area contributed by atoms with E-state index in [9.17, 15) is 4.79 Å². The number of nitrogens with zero attached hydrogens (tertiary/aromatic N) is 5. The summed E-state index contributed by atoms with van der Waals surface area (Å²) in [5.41, 5.74) is 4.59. The number of carbonyl (C=O) groups excluding carboxylic acids is 1. The van der Waals surface area contributed by atoms with E-state index in [1.165, 1.54) is 25.9 Å². The van der Waals surface area contributed by atoms with E-state index in [4.69, 9.17) is 0 Å². The number of fused-ring (bicyclic) bond motifs is 1. The fraction of sp³-hybridized carbons (Fsp3) is 0.500. The first kappa shape index (κ1) is 20.7. The van der Waals surface area contributed by atoms with E-state index in [2.05, 4.69) is 37.9 Å². The molecule has 0 bridgehead atoms. The Hall–Kier alpha value is -2.22. The zero-order valence-corrected chi connectivity index (χ0v) is 18.9. The fourth-order valence-electron chi connectivity index (χ4n) is 4.94. The molecule has 0 N–H and O–H groups in total. The summed E-state index contributed by atoms with van der Waals surface area (Å²) >= 11 is 1.60. The molecule has 7 heteroatoms. The van der Waals surface area contributed by atoms with Crippen molar-refractivity contribution in [2.45, 2.75) is 38.1 Å². The highest BCUT2D eigenvalue weighted by Gasteiger charge is 2.30. The number of pyridine rings is 2. The molecule has 0 atom stereocenters. The molecule has 5 rings (SSSR count). The third-order valence-electron chi connectivity index (χ3n) is 6.89. The first-order valence-corrected chi connectivity index (χ1v) is 12.1. The molecule has 2 aliphatic rings. The van der Waals surface area contributed by atoms with Crippen molar-refractivity contribution >= 4 is 28.0 Å². The van der Waals surface area contributed by atoms with Crippen LogP contribution < -0.4 is 0 Å².